The molecule has 0 aliphatic carbocycles. The summed E-state index contributed by atoms with van der Waals surface area (Å²) < 4.78 is 5.48. The normalized spacial score (nSPS) is 24.9. The van der Waals surface area contributed by atoms with Gasteiger partial charge in [-0.05, 0) is 32.9 Å². The molecule has 6 nitrogen and oxygen atoms in total. The van der Waals surface area contributed by atoms with Crippen LogP contribution in [0.4, 0.5) is 0 Å². The summed E-state index contributed by atoms with van der Waals surface area (Å²) in [6, 6.07) is 1.19. The summed E-state index contributed by atoms with van der Waals surface area (Å²) in [6.45, 7) is 11.6. The van der Waals surface area contributed by atoms with Crippen molar-refractivity contribution >= 4 is 5.96 Å². The largest absolute Gasteiger partial charge is 0.379 e. The number of ether oxygens (including phenoxy) is 1. The van der Waals surface area contributed by atoms with Gasteiger partial charge in [0.25, 0.3) is 0 Å². The maximum absolute atomic E-state index is 5.48. The molecule has 2 rings (SSSR count). The number of aliphatic imine (C=N–C) groups is 1. The lowest BCUT2D eigenvalue weighted by atomic mass is 10.0. The smallest absolute Gasteiger partial charge is 0.193 e. The van der Waals surface area contributed by atoms with Crippen LogP contribution >= 0.6 is 0 Å². The number of likely N-dealkylation sites (tertiary alicyclic amines) is 1. The van der Waals surface area contributed by atoms with E-state index in [1.807, 2.05) is 7.05 Å². The highest BCUT2D eigenvalue weighted by molar-refractivity contribution is 5.80. The molecule has 2 aliphatic rings. The number of hydrogen-bond donors (Lipinski definition) is 1. The van der Waals surface area contributed by atoms with Gasteiger partial charge < -0.3 is 19.9 Å². The number of likely N-dealkylation sites (N-methyl/N-ethyl adjacent to an activating group) is 1. The summed E-state index contributed by atoms with van der Waals surface area (Å²) in [5.74, 6) is 1.76. The van der Waals surface area contributed by atoms with Crippen LogP contribution in [0.15, 0.2) is 4.99 Å². The van der Waals surface area contributed by atoms with Crippen molar-refractivity contribution in [3.05, 3.63) is 0 Å². The van der Waals surface area contributed by atoms with E-state index in [4.69, 9.17) is 4.74 Å². The van der Waals surface area contributed by atoms with E-state index in [0.717, 1.165) is 51.9 Å². The Morgan fingerprint density at radius 3 is 2.54 bits per heavy atom. The topological polar surface area (TPSA) is 43.3 Å². The van der Waals surface area contributed by atoms with Gasteiger partial charge in [0.1, 0.15) is 0 Å². The van der Waals surface area contributed by atoms with Gasteiger partial charge in [-0.25, -0.2) is 0 Å². The molecule has 0 radical (unpaired) electrons. The molecular formula is C18H37N5O. The van der Waals surface area contributed by atoms with Gasteiger partial charge in [-0.2, -0.15) is 0 Å². The summed E-state index contributed by atoms with van der Waals surface area (Å²) >= 11 is 0. The van der Waals surface area contributed by atoms with Gasteiger partial charge in [0.15, 0.2) is 5.96 Å². The lowest BCUT2D eigenvalue weighted by molar-refractivity contribution is 0.0194. The van der Waals surface area contributed by atoms with Crippen molar-refractivity contribution in [3.8, 4) is 0 Å². The summed E-state index contributed by atoms with van der Waals surface area (Å²) in [7, 11) is 6.24. The molecule has 0 spiro atoms. The van der Waals surface area contributed by atoms with E-state index in [2.05, 4.69) is 53.0 Å². The molecule has 0 aromatic heterocycles. The highest BCUT2D eigenvalue weighted by Gasteiger charge is 2.30. The second kappa shape index (κ2) is 9.59. The van der Waals surface area contributed by atoms with Gasteiger partial charge in [0.2, 0.25) is 0 Å². The lowest BCUT2D eigenvalue weighted by Gasteiger charge is -2.32. The summed E-state index contributed by atoms with van der Waals surface area (Å²) in [5, 5.41) is 3.61. The van der Waals surface area contributed by atoms with Crippen LogP contribution in [0.3, 0.4) is 0 Å². The Balaban J connectivity index is 1.83. The minimum Gasteiger partial charge on any atom is -0.379 e. The zero-order valence-electron chi connectivity index (χ0n) is 16.3. The number of hydrogen-bond acceptors (Lipinski definition) is 4. The van der Waals surface area contributed by atoms with E-state index in [1.54, 1.807) is 0 Å². The Labute approximate surface area is 148 Å². The first-order valence-electron chi connectivity index (χ1n) is 9.45. The second-order valence-electron chi connectivity index (χ2n) is 7.71. The molecule has 2 saturated heterocycles. The quantitative estimate of drug-likeness (QED) is 0.576. The van der Waals surface area contributed by atoms with Gasteiger partial charge in [0.05, 0.1) is 13.2 Å². The fourth-order valence-corrected chi connectivity index (χ4v) is 3.74. The van der Waals surface area contributed by atoms with Crippen LogP contribution in [0.1, 0.15) is 26.7 Å². The molecule has 2 unspecified atom stereocenters. The third-order valence-electron chi connectivity index (χ3n) is 5.21. The van der Waals surface area contributed by atoms with Crippen LogP contribution in [0.5, 0.6) is 0 Å². The molecule has 24 heavy (non-hydrogen) atoms. The van der Waals surface area contributed by atoms with Crippen molar-refractivity contribution in [1.29, 1.82) is 0 Å². The summed E-state index contributed by atoms with van der Waals surface area (Å²) in [4.78, 5) is 11.9. The molecule has 0 bridgehead atoms. The minimum atomic E-state index is 0.541. The van der Waals surface area contributed by atoms with Crippen LogP contribution in [-0.4, -0.2) is 99.8 Å². The molecular weight excluding hydrogens is 302 g/mol. The van der Waals surface area contributed by atoms with E-state index in [-0.39, 0.29) is 0 Å². The third kappa shape index (κ3) is 5.60. The molecule has 0 aromatic carbocycles. The van der Waals surface area contributed by atoms with Crippen LogP contribution in [0.2, 0.25) is 0 Å². The highest BCUT2D eigenvalue weighted by Crippen LogP contribution is 2.17. The molecule has 2 heterocycles. The summed E-state index contributed by atoms with van der Waals surface area (Å²) in [6.07, 6.45) is 2.43. The molecule has 6 heteroatoms. The zero-order chi connectivity index (χ0) is 17.5. The number of nitrogens with one attached hydrogen (secondary N) is 1. The number of nitrogens with zero attached hydrogens (tertiary/aromatic N) is 4. The molecule has 2 fully saturated rings. The number of guanidine groups is 1. The lowest BCUT2D eigenvalue weighted by Crippen LogP contribution is -2.48. The van der Waals surface area contributed by atoms with Crippen LogP contribution in [-0.2, 0) is 4.74 Å². The van der Waals surface area contributed by atoms with Crippen molar-refractivity contribution in [2.24, 2.45) is 10.9 Å². The molecule has 1 N–H and O–H groups in total. The average Bonchev–Trinajstić information content (AvgIpc) is 3.04. The first-order chi connectivity index (χ1) is 11.5. The third-order valence-corrected chi connectivity index (χ3v) is 5.21. The predicted molar refractivity (Wildman–Crippen MR) is 101 cm³/mol. The van der Waals surface area contributed by atoms with Crippen LogP contribution < -0.4 is 5.32 Å². The molecule has 140 valence electrons. The van der Waals surface area contributed by atoms with E-state index < -0.39 is 0 Å². The Morgan fingerprint density at radius 2 is 1.96 bits per heavy atom. The fraction of sp³-hybridized carbons (Fsp3) is 0.944. The number of morpholine rings is 1. The van der Waals surface area contributed by atoms with Crippen molar-refractivity contribution in [1.82, 2.24) is 20.0 Å². The first kappa shape index (κ1) is 19.5. The van der Waals surface area contributed by atoms with Crippen molar-refractivity contribution in [2.45, 2.75) is 38.8 Å². The highest BCUT2D eigenvalue weighted by atomic mass is 16.5. The first-order valence-corrected chi connectivity index (χ1v) is 9.45. The summed E-state index contributed by atoms with van der Waals surface area (Å²) in [5.41, 5.74) is 0. The Bertz CT molecular complexity index is 393. The monoisotopic (exact) mass is 339 g/mol. The van der Waals surface area contributed by atoms with Gasteiger partial charge in [0, 0.05) is 51.9 Å². The van der Waals surface area contributed by atoms with Crippen LogP contribution in [0, 0.1) is 5.92 Å². The van der Waals surface area contributed by atoms with E-state index in [0.29, 0.717) is 18.0 Å². The zero-order valence-corrected chi connectivity index (χ0v) is 16.3. The van der Waals surface area contributed by atoms with Gasteiger partial charge in [-0.3, -0.25) is 9.89 Å². The van der Waals surface area contributed by atoms with Crippen LogP contribution in [0.25, 0.3) is 0 Å². The minimum absolute atomic E-state index is 0.541. The van der Waals surface area contributed by atoms with Crippen molar-refractivity contribution < 1.29 is 4.74 Å². The Hall–Kier alpha value is -0.850. The second-order valence-corrected chi connectivity index (χ2v) is 7.71. The maximum atomic E-state index is 5.48. The maximum Gasteiger partial charge on any atom is 0.193 e. The predicted octanol–water partition coefficient (Wildman–Crippen LogP) is 0.945. The van der Waals surface area contributed by atoms with Gasteiger partial charge in [-0.15, -0.1) is 0 Å². The molecule has 2 atom stereocenters. The van der Waals surface area contributed by atoms with E-state index in [1.165, 1.54) is 12.8 Å². The van der Waals surface area contributed by atoms with Gasteiger partial charge >= 0.3 is 0 Å². The molecule has 0 amide bonds. The SMILES string of the molecule is CN=C(NCC(CC(C)C)N(C)C)N1CCC(N2CCOCC2)C1. The number of rotatable bonds is 6. The Kier molecular flexibility index (Phi) is 7.78. The fourth-order valence-electron chi connectivity index (χ4n) is 3.74. The Morgan fingerprint density at radius 1 is 1.25 bits per heavy atom. The molecule has 0 saturated carbocycles. The van der Waals surface area contributed by atoms with E-state index in [9.17, 15) is 0 Å². The van der Waals surface area contributed by atoms with Crippen molar-refractivity contribution in [3.63, 3.8) is 0 Å². The van der Waals surface area contributed by atoms with Gasteiger partial charge in [-0.1, -0.05) is 13.8 Å². The van der Waals surface area contributed by atoms with E-state index >= 15 is 0 Å². The molecule has 2 aliphatic heterocycles. The standard InChI is InChI=1S/C18H37N5O/c1-15(2)12-17(21(4)5)13-20-18(19-3)23-7-6-16(14-23)22-8-10-24-11-9-22/h15-17H,6-14H2,1-5H3,(H,19,20). The van der Waals surface area contributed by atoms with Crippen molar-refractivity contribution in [2.75, 3.05) is 67.1 Å². The molecule has 0 aromatic rings. The average molecular weight is 340 g/mol.